The molecular weight excluding hydrogens is 595 g/mol. The van der Waals surface area contributed by atoms with Crippen LogP contribution in [0.2, 0.25) is 0 Å². The van der Waals surface area contributed by atoms with Crippen molar-refractivity contribution in [2.24, 2.45) is 0 Å². The van der Waals surface area contributed by atoms with Gasteiger partial charge in [-0.25, -0.2) is 13.2 Å². The van der Waals surface area contributed by atoms with Gasteiger partial charge in [0.15, 0.2) is 0 Å². The Bertz CT molecular complexity index is 900. The largest absolute Gasteiger partial charge is 0.435 e. The van der Waals surface area contributed by atoms with Crippen LogP contribution >= 0.6 is 0 Å². The Morgan fingerprint density at radius 3 is 0.972 bits per heavy atom. The summed E-state index contributed by atoms with van der Waals surface area (Å²) in [6.45, 7) is 0. The van der Waals surface area contributed by atoms with E-state index in [1.165, 1.54) is 0 Å². The first-order valence-electron chi connectivity index (χ1n) is 7.77. The Balaban J connectivity index is 3.24. The van der Waals surface area contributed by atoms with Crippen molar-refractivity contribution in [3.8, 4) is 0 Å². The van der Waals surface area contributed by atoms with E-state index < -0.39 is 75.9 Å². The van der Waals surface area contributed by atoms with Crippen LogP contribution in [0.3, 0.4) is 0 Å². The molecule has 0 radical (unpaired) electrons. The van der Waals surface area contributed by atoms with Gasteiger partial charge in [-0.3, -0.25) is 0 Å². The number of hydrogen-bond donors (Lipinski definition) is 0. The minimum Gasteiger partial charge on any atom is -0.224 e. The summed E-state index contributed by atoms with van der Waals surface area (Å²) in [5.41, 5.74) is -18.4. The molecule has 0 aromatic rings. The Morgan fingerprint density at radius 1 is 0.389 bits per heavy atom. The average molecular weight is 595 g/mol. The topological polar surface area (TPSA) is 3.24 Å². The Labute approximate surface area is 178 Å². The summed E-state index contributed by atoms with van der Waals surface area (Å²) in [7, 11) is 0. The molecule has 36 heavy (non-hydrogen) atoms. The third-order valence-corrected chi connectivity index (χ3v) is 5.47. The van der Waals surface area contributed by atoms with Gasteiger partial charge in [0.05, 0.1) is 0 Å². The highest BCUT2D eigenvalue weighted by atomic mass is 19.4. The molecule has 0 aromatic heterocycles. The van der Waals surface area contributed by atoms with Crippen molar-refractivity contribution in [1.82, 2.24) is 5.12 Å². The van der Waals surface area contributed by atoms with Crippen LogP contribution in [-0.4, -0.2) is 75.9 Å². The van der Waals surface area contributed by atoms with Crippen LogP contribution in [0.15, 0.2) is 0 Å². The number of piperidine rings is 1. The Morgan fingerprint density at radius 2 is 0.694 bits per heavy atom. The minimum absolute atomic E-state index is 5.02. The first-order chi connectivity index (χ1) is 15.2. The summed E-state index contributed by atoms with van der Waals surface area (Å²) in [6, 6.07) is -8.29. The molecule has 2 rings (SSSR count). The van der Waals surface area contributed by atoms with Gasteiger partial charge in [-0.15, -0.1) is 4.48 Å². The van der Waals surface area contributed by atoms with E-state index in [-0.39, 0.29) is 0 Å². The molecule has 1 saturated carbocycles. The quantitative estimate of drug-likeness (QED) is 0.182. The predicted octanol–water partition coefficient (Wildman–Crippen LogP) is 6.88. The van der Waals surface area contributed by atoms with Crippen LogP contribution in [0.4, 0.5) is 101 Å². The maximum atomic E-state index is 14.8. The van der Waals surface area contributed by atoms with Gasteiger partial charge < -0.3 is 0 Å². The van der Waals surface area contributed by atoms with Crippen molar-refractivity contribution in [2.45, 2.75) is 70.8 Å². The van der Waals surface area contributed by atoms with Gasteiger partial charge in [0.1, 0.15) is 0 Å². The molecule has 2 fully saturated rings. The van der Waals surface area contributed by atoms with Gasteiger partial charge in [-0.1, -0.05) is 0 Å². The summed E-state index contributed by atoms with van der Waals surface area (Å²) in [5.74, 6) is -71.7. The molecule has 1 aliphatic heterocycles. The molecule has 0 spiro atoms. The maximum absolute atomic E-state index is 14.8. The summed E-state index contributed by atoms with van der Waals surface area (Å²) in [4.78, 5) is 0. The molecular formula is C12F23N. The van der Waals surface area contributed by atoms with E-state index in [0.29, 0.717) is 0 Å². The minimum atomic E-state index is -9.51. The molecule has 1 saturated heterocycles. The van der Waals surface area contributed by atoms with E-state index in [1.54, 1.807) is 0 Å². The van der Waals surface area contributed by atoms with Gasteiger partial charge in [0.2, 0.25) is 0 Å². The maximum Gasteiger partial charge on any atom is 0.435 e. The van der Waals surface area contributed by atoms with Crippen molar-refractivity contribution < 1.29 is 101 Å². The molecule has 0 amide bonds. The molecule has 0 aromatic carbocycles. The molecule has 2 aliphatic rings. The third kappa shape index (κ3) is 2.27. The average Bonchev–Trinajstić information content (AvgIpc) is 2.67. The fraction of sp³-hybridized carbons (Fsp3) is 1.00. The second-order valence-electron chi connectivity index (χ2n) is 7.28. The lowest BCUT2D eigenvalue weighted by molar-refractivity contribution is -0.574. The van der Waals surface area contributed by atoms with E-state index in [1.807, 2.05) is 0 Å². The van der Waals surface area contributed by atoms with Gasteiger partial charge in [0.25, 0.3) is 0 Å². The van der Waals surface area contributed by atoms with Crippen LogP contribution in [-0.2, 0) is 0 Å². The van der Waals surface area contributed by atoms with Crippen molar-refractivity contribution in [2.75, 3.05) is 0 Å². The van der Waals surface area contributed by atoms with Crippen molar-refractivity contribution in [3.63, 3.8) is 0 Å². The fourth-order valence-corrected chi connectivity index (χ4v) is 3.42. The molecule has 1 unspecified atom stereocenters. The van der Waals surface area contributed by atoms with E-state index in [2.05, 4.69) is 0 Å². The van der Waals surface area contributed by atoms with Crippen LogP contribution in [0.1, 0.15) is 0 Å². The van der Waals surface area contributed by atoms with Gasteiger partial charge >= 0.3 is 70.8 Å². The van der Waals surface area contributed by atoms with Crippen molar-refractivity contribution in [3.05, 3.63) is 0 Å². The summed E-state index contributed by atoms with van der Waals surface area (Å²) >= 11 is 0. The molecule has 0 N–H and O–H groups in total. The first-order valence-corrected chi connectivity index (χ1v) is 7.77. The second kappa shape index (κ2) is 6.49. The zero-order chi connectivity index (χ0) is 29.6. The van der Waals surface area contributed by atoms with Gasteiger partial charge in [-0.2, -0.15) is 83.4 Å². The summed E-state index contributed by atoms with van der Waals surface area (Å²) < 4.78 is 313. The van der Waals surface area contributed by atoms with Crippen LogP contribution in [0.5, 0.6) is 0 Å². The van der Waals surface area contributed by atoms with Gasteiger partial charge in [0, 0.05) is 0 Å². The fourth-order valence-electron chi connectivity index (χ4n) is 3.42. The van der Waals surface area contributed by atoms with Crippen LogP contribution < -0.4 is 0 Å². The first kappa shape index (κ1) is 30.6. The van der Waals surface area contributed by atoms with E-state index in [0.717, 1.165) is 0 Å². The van der Waals surface area contributed by atoms with E-state index in [9.17, 15) is 101 Å². The molecule has 214 valence electrons. The zero-order valence-corrected chi connectivity index (χ0v) is 15.1. The smallest absolute Gasteiger partial charge is 0.224 e. The number of nitrogens with zero attached hydrogens (tertiary/aromatic N) is 1. The molecule has 1 heterocycles. The number of rotatable bonds is 1. The Hall–Kier alpha value is -1.65. The lowest BCUT2D eigenvalue weighted by Crippen LogP contribution is -2.96. The molecule has 0 bridgehead atoms. The molecule has 1 aliphatic carbocycles. The monoisotopic (exact) mass is 595 g/mol. The number of halogens is 23. The van der Waals surface area contributed by atoms with Crippen molar-refractivity contribution >= 4 is 0 Å². The Kier molecular flexibility index (Phi) is 5.51. The number of alkyl halides is 22. The highest BCUT2D eigenvalue weighted by molar-refractivity contribution is 5.38. The van der Waals surface area contributed by atoms with Crippen molar-refractivity contribution in [1.29, 1.82) is 0 Å². The predicted molar refractivity (Wildman–Crippen MR) is 60.1 cm³/mol. The van der Waals surface area contributed by atoms with Gasteiger partial charge in [-0.05, 0) is 5.12 Å². The van der Waals surface area contributed by atoms with E-state index >= 15 is 0 Å². The number of hydrogen-bond acceptors (Lipinski definition) is 1. The zero-order valence-electron chi connectivity index (χ0n) is 15.1. The summed E-state index contributed by atoms with van der Waals surface area (Å²) in [5, 5.41) is -5.02. The van der Waals surface area contributed by atoms with E-state index in [4.69, 9.17) is 0 Å². The van der Waals surface area contributed by atoms with Crippen LogP contribution in [0.25, 0.3) is 0 Å². The lowest BCUT2D eigenvalue weighted by atomic mass is 9.60. The second-order valence-corrected chi connectivity index (χ2v) is 7.28. The third-order valence-electron chi connectivity index (χ3n) is 5.47. The standard InChI is InChI=1S/C12F23N/c13-1(10(29)8(25,26)7(23,24)9(27,28)12(33,34)36(10)35)3(15,16)5(19,20)2(14,11(30,31)32)6(21,22)4(1,17)18. The molecule has 24 heteroatoms. The normalized spacial score (nSPS) is 42.1. The summed E-state index contributed by atoms with van der Waals surface area (Å²) in [6.07, 6.45) is -8.46. The van der Waals surface area contributed by atoms with Crippen LogP contribution in [0, 0.1) is 0 Å². The molecule has 1 nitrogen and oxygen atoms in total. The highest BCUT2D eigenvalue weighted by Crippen LogP contribution is 2.78. The lowest BCUT2D eigenvalue weighted by Gasteiger charge is -2.61. The molecule has 1 atom stereocenters. The highest BCUT2D eigenvalue weighted by Gasteiger charge is 3.12. The SMILES string of the molecule is FN1C(F)(F)C(F)(F)C(F)(F)C(F)(F)C1(F)C1(F)C(F)(F)C(F)(F)C(F)(C(F)(F)F)C(F)(F)C1(F)F.